The Morgan fingerprint density at radius 3 is 1.71 bits per heavy atom. The molecule has 0 radical (unpaired) electrons. The molecular formula is C33H26O. The molecule has 0 aromatic heterocycles. The Morgan fingerprint density at radius 1 is 0.500 bits per heavy atom. The first kappa shape index (κ1) is 19.6. The van der Waals surface area contributed by atoms with E-state index in [1.807, 2.05) is 0 Å². The predicted molar refractivity (Wildman–Crippen MR) is 140 cm³/mol. The Morgan fingerprint density at radius 2 is 1.06 bits per heavy atom. The maximum Gasteiger partial charge on any atom is 0.135 e. The van der Waals surface area contributed by atoms with Crippen molar-refractivity contribution in [3.05, 3.63) is 129 Å². The molecule has 1 aliphatic carbocycles. The maximum atomic E-state index is 6.80. The van der Waals surface area contributed by atoms with Crippen LogP contribution in [0.2, 0.25) is 0 Å². The molecule has 1 aliphatic heterocycles. The van der Waals surface area contributed by atoms with Gasteiger partial charge in [-0.25, -0.2) is 0 Å². The highest BCUT2D eigenvalue weighted by molar-refractivity contribution is 5.97. The van der Waals surface area contributed by atoms with Gasteiger partial charge in [0.1, 0.15) is 11.5 Å². The topological polar surface area (TPSA) is 9.23 Å². The molecule has 0 N–H and O–H groups in total. The first-order valence-electron chi connectivity index (χ1n) is 12.0. The second-order valence-corrected chi connectivity index (χ2v) is 9.91. The van der Waals surface area contributed by atoms with Gasteiger partial charge in [0.15, 0.2) is 0 Å². The molecule has 0 bridgehead atoms. The van der Waals surface area contributed by atoms with E-state index < -0.39 is 5.41 Å². The summed E-state index contributed by atoms with van der Waals surface area (Å²) in [5.74, 6) is 2.02. The summed E-state index contributed by atoms with van der Waals surface area (Å²) in [5.41, 5.74) is 12.4. The average molecular weight is 439 g/mol. The van der Waals surface area contributed by atoms with E-state index in [0.717, 1.165) is 11.5 Å². The third-order valence-corrected chi connectivity index (χ3v) is 8.28. The van der Waals surface area contributed by atoms with Crippen LogP contribution in [0.5, 0.6) is 11.5 Å². The third-order valence-electron chi connectivity index (χ3n) is 8.28. The van der Waals surface area contributed by atoms with Crippen LogP contribution in [0.15, 0.2) is 84.9 Å². The van der Waals surface area contributed by atoms with Crippen molar-refractivity contribution in [3.8, 4) is 22.6 Å². The Kier molecular flexibility index (Phi) is 3.81. The molecule has 0 saturated heterocycles. The summed E-state index contributed by atoms with van der Waals surface area (Å²) in [6, 6.07) is 31.6. The molecule has 2 aliphatic rings. The molecule has 5 aromatic rings. The van der Waals surface area contributed by atoms with Crippen LogP contribution in [-0.2, 0) is 5.41 Å². The monoisotopic (exact) mass is 438 g/mol. The quantitative estimate of drug-likeness (QED) is 0.230. The van der Waals surface area contributed by atoms with Gasteiger partial charge in [0.05, 0.1) is 5.41 Å². The van der Waals surface area contributed by atoms with Crippen molar-refractivity contribution in [2.24, 2.45) is 0 Å². The van der Waals surface area contributed by atoms with Gasteiger partial charge in [0.2, 0.25) is 0 Å². The lowest BCUT2D eigenvalue weighted by Crippen LogP contribution is -2.33. The molecule has 7 rings (SSSR count). The Bertz CT molecular complexity index is 1610. The van der Waals surface area contributed by atoms with Gasteiger partial charge in [-0.2, -0.15) is 0 Å². The maximum absolute atomic E-state index is 6.80. The minimum Gasteiger partial charge on any atom is -0.456 e. The van der Waals surface area contributed by atoms with Crippen LogP contribution in [0.1, 0.15) is 44.5 Å². The summed E-state index contributed by atoms with van der Waals surface area (Å²) in [7, 11) is 0. The number of aryl methyl sites for hydroxylation is 2. The second kappa shape index (κ2) is 6.61. The van der Waals surface area contributed by atoms with E-state index in [0.29, 0.717) is 0 Å². The Balaban J connectivity index is 1.74. The van der Waals surface area contributed by atoms with Crippen LogP contribution in [0.25, 0.3) is 21.9 Å². The van der Waals surface area contributed by atoms with E-state index in [1.165, 1.54) is 66.4 Å². The standard InChI is InChI=1S/C33H26O/c1-19-13-15-28-31(21(19)3)34-32-22(4)20(2)14-16-29(32)33(28)27-12-8-7-11-25(27)26-17-23-9-5-6-10-24(23)18-30(26)33/h5-18H,1-4H3. The summed E-state index contributed by atoms with van der Waals surface area (Å²) in [6.07, 6.45) is 0. The number of hydrogen-bond donors (Lipinski definition) is 0. The average Bonchev–Trinajstić information content (AvgIpc) is 3.13. The van der Waals surface area contributed by atoms with Gasteiger partial charge in [-0.15, -0.1) is 0 Å². The number of rotatable bonds is 0. The molecule has 1 spiro atoms. The summed E-state index contributed by atoms with van der Waals surface area (Å²) in [6.45, 7) is 8.74. The molecule has 0 saturated carbocycles. The van der Waals surface area contributed by atoms with Crippen molar-refractivity contribution in [2.45, 2.75) is 33.1 Å². The fourth-order valence-corrected chi connectivity index (χ4v) is 6.22. The van der Waals surface area contributed by atoms with Crippen molar-refractivity contribution in [2.75, 3.05) is 0 Å². The third kappa shape index (κ3) is 2.25. The molecular weight excluding hydrogens is 412 g/mol. The minimum atomic E-state index is -0.407. The zero-order valence-electron chi connectivity index (χ0n) is 20.0. The number of hydrogen-bond acceptors (Lipinski definition) is 1. The van der Waals surface area contributed by atoms with Crippen LogP contribution in [0, 0.1) is 27.7 Å². The summed E-state index contributed by atoms with van der Waals surface area (Å²) in [4.78, 5) is 0. The van der Waals surface area contributed by atoms with Crippen LogP contribution < -0.4 is 4.74 Å². The van der Waals surface area contributed by atoms with Gasteiger partial charge >= 0.3 is 0 Å². The van der Waals surface area contributed by atoms with Crippen LogP contribution in [-0.4, -0.2) is 0 Å². The lowest BCUT2D eigenvalue weighted by atomic mass is 9.65. The van der Waals surface area contributed by atoms with Gasteiger partial charge in [0.25, 0.3) is 0 Å². The van der Waals surface area contributed by atoms with Crippen molar-refractivity contribution in [1.82, 2.24) is 0 Å². The number of ether oxygens (including phenoxy) is 1. The highest BCUT2D eigenvalue weighted by Crippen LogP contribution is 2.63. The van der Waals surface area contributed by atoms with Crippen LogP contribution >= 0.6 is 0 Å². The van der Waals surface area contributed by atoms with Gasteiger partial charge in [-0.3, -0.25) is 0 Å². The van der Waals surface area contributed by atoms with Crippen molar-refractivity contribution in [1.29, 1.82) is 0 Å². The van der Waals surface area contributed by atoms with E-state index in [1.54, 1.807) is 0 Å². The van der Waals surface area contributed by atoms with Crippen molar-refractivity contribution in [3.63, 3.8) is 0 Å². The molecule has 1 heteroatoms. The highest BCUT2D eigenvalue weighted by atomic mass is 16.5. The molecule has 164 valence electrons. The fourth-order valence-electron chi connectivity index (χ4n) is 6.22. The van der Waals surface area contributed by atoms with Crippen molar-refractivity contribution < 1.29 is 4.74 Å². The SMILES string of the molecule is Cc1ccc2c(c1C)Oc1c(ccc(C)c1C)C21c2ccccc2-c2cc3ccccc3cc21. The molecule has 0 atom stereocenters. The number of fused-ring (bicyclic) bond motifs is 10. The molecule has 1 nitrogen and oxygen atoms in total. The van der Waals surface area contributed by atoms with E-state index in [-0.39, 0.29) is 0 Å². The first-order chi connectivity index (χ1) is 16.5. The van der Waals surface area contributed by atoms with Gasteiger partial charge in [0, 0.05) is 11.1 Å². The molecule has 0 unspecified atom stereocenters. The lowest BCUT2D eigenvalue weighted by Gasteiger charge is -2.41. The van der Waals surface area contributed by atoms with Crippen LogP contribution in [0.4, 0.5) is 0 Å². The molecule has 5 aromatic carbocycles. The zero-order valence-corrected chi connectivity index (χ0v) is 20.0. The van der Waals surface area contributed by atoms with Gasteiger partial charge < -0.3 is 4.74 Å². The van der Waals surface area contributed by atoms with E-state index in [2.05, 4.69) is 113 Å². The van der Waals surface area contributed by atoms with E-state index >= 15 is 0 Å². The van der Waals surface area contributed by atoms with Crippen molar-refractivity contribution >= 4 is 10.8 Å². The summed E-state index contributed by atoms with van der Waals surface area (Å²) in [5, 5.41) is 2.55. The lowest BCUT2D eigenvalue weighted by molar-refractivity contribution is 0.429. The molecule has 34 heavy (non-hydrogen) atoms. The number of benzene rings is 5. The highest BCUT2D eigenvalue weighted by Gasteiger charge is 2.51. The predicted octanol–water partition coefficient (Wildman–Crippen LogP) is 8.54. The normalized spacial score (nSPS) is 14.4. The van der Waals surface area contributed by atoms with Gasteiger partial charge in [-0.05, 0) is 95.1 Å². The Labute approximate surface area is 200 Å². The molecule has 0 fully saturated rings. The van der Waals surface area contributed by atoms with E-state index in [9.17, 15) is 0 Å². The Hall–Kier alpha value is -3.84. The smallest absolute Gasteiger partial charge is 0.135 e. The fraction of sp³-hybridized carbons (Fsp3) is 0.152. The summed E-state index contributed by atoms with van der Waals surface area (Å²) < 4.78 is 6.80. The van der Waals surface area contributed by atoms with E-state index in [4.69, 9.17) is 4.74 Å². The molecule has 0 amide bonds. The minimum absolute atomic E-state index is 0.407. The first-order valence-corrected chi connectivity index (χ1v) is 12.0. The van der Waals surface area contributed by atoms with Gasteiger partial charge in [-0.1, -0.05) is 72.8 Å². The second-order valence-electron chi connectivity index (χ2n) is 9.91. The largest absolute Gasteiger partial charge is 0.456 e. The summed E-state index contributed by atoms with van der Waals surface area (Å²) >= 11 is 0. The molecule has 1 heterocycles. The van der Waals surface area contributed by atoms with Crippen LogP contribution in [0.3, 0.4) is 0 Å². The zero-order chi connectivity index (χ0) is 23.2.